The zero-order valence-corrected chi connectivity index (χ0v) is 12.4. The summed E-state index contributed by atoms with van der Waals surface area (Å²) >= 11 is 3.19. The summed E-state index contributed by atoms with van der Waals surface area (Å²) in [6.45, 7) is 5.82. The third-order valence-electron chi connectivity index (χ3n) is 3.06. The average molecular weight is 285 g/mol. The van der Waals surface area contributed by atoms with Crippen LogP contribution in [-0.4, -0.2) is 38.2 Å². The van der Waals surface area contributed by atoms with Crippen LogP contribution in [0.4, 0.5) is 10.7 Å². The Bertz CT molecular complexity index is 439. The van der Waals surface area contributed by atoms with Gasteiger partial charge in [0.15, 0.2) is 5.78 Å². The van der Waals surface area contributed by atoms with E-state index in [4.69, 9.17) is 5.73 Å². The van der Waals surface area contributed by atoms with Crippen LogP contribution in [0.2, 0.25) is 0 Å². The van der Waals surface area contributed by atoms with E-state index < -0.39 is 0 Å². The van der Waals surface area contributed by atoms with Gasteiger partial charge in [-0.15, -0.1) is 23.1 Å². The molecule has 1 fully saturated rings. The van der Waals surface area contributed by atoms with Gasteiger partial charge in [0.25, 0.3) is 0 Å². The molecule has 1 saturated heterocycles. The molecule has 0 aromatic carbocycles. The fourth-order valence-electron chi connectivity index (χ4n) is 2.06. The van der Waals surface area contributed by atoms with E-state index in [1.807, 2.05) is 13.2 Å². The van der Waals surface area contributed by atoms with Crippen molar-refractivity contribution in [2.24, 2.45) is 0 Å². The topological polar surface area (TPSA) is 58.4 Å². The lowest BCUT2D eigenvalue weighted by molar-refractivity contribution is 0.0992. The largest absolute Gasteiger partial charge is 0.396 e. The van der Waals surface area contributed by atoms with Crippen LogP contribution >= 0.6 is 23.1 Å². The number of nitrogen functional groups attached to an aromatic ring is 1. The molecule has 4 nitrogen and oxygen atoms in total. The molecule has 0 spiro atoms. The van der Waals surface area contributed by atoms with Crippen molar-refractivity contribution >= 4 is 39.6 Å². The van der Waals surface area contributed by atoms with Gasteiger partial charge in [0.2, 0.25) is 0 Å². The number of thiophene rings is 1. The van der Waals surface area contributed by atoms with Gasteiger partial charge in [0.1, 0.15) is 5.00 Å². The summed E-state index contributed by atoms with van der Waals surface area (Å²) in [5.74, 6) is 0.147. The first-order valence-corrected chi connectivity index (χ1v) is 8.18. The molecule has 0 atom stereocenters. The van der Waals surface area contributed by atoms with Crippen molar-refractivity contribution in [1.82, 2.24) is 5.32 Å². The maximum Gasteiger partial charge on any atom is 0.174 e. The smallest absolute Gasteiger partial charge is 0.174 e. The van der Waals surface area contributed by atoms with Crippen molar-refractivity contribution in [3.63, 3.8) is 0 Å². The van der Waals surface area contributed by atoms with Gasteiger partial charge in [-0.1, -0.05) is 6.92 Å². The number of carbonyl (C=O) groups is 1. The van der Waals surface area contributed by atoms with Crippen LogP contribution < -0.4 is 16.0 Å². The molecule has 2 rings (SSSR count). The molecule has 18 heavy (non-hydrogen) atoms. The van der Waals surface area contributed by atoms with E-state index >= 15 is 0 Å². The van der Waals surface area contributed by atoms with Crippen LogP contribution in [0.1, 0.15) is 23.0 Å². The van der Waals surface area contributed by atoms with Crippen molar-refractivity contribution in [3.8, 4) is 0 Å². The number of thioether (sulfide) groups is 1. The van der Waals surface area contributed by atoms with E-state index in [1.165, 1.54) is 5.00 Å². The van der Waals surface area contributed by atoms with E-state index in [2.05, 4.69) is 10.2 Å². The Morgan fingerprint density at radius 3 is 2.72 bits per heavy atom. The molecular weight excluding hydrogens is 266 g/mol. The Labute approximate surface area is 116 Å². The van der Waals surface area contributed by atoms with Gasteiger partial charge < -0.3 is 16.0 Å². The van der Waals surface area contributed by atoms with Crippen LogP contribution in [0.25, 0.3) is 0 Å². The van der Waals surface area contributed by atoms with Crippen molar-refractivity contribution in [2.75, 3.05) is 43.1 Å². The van der Waals surface area contributed by atoms with Crippen molar-refractivity contribution in [2.45, 2.75) is 18.2 Å². The number of hydrogen-bond acceptors (Lipinski definition) is 6. The highest BCUT2D eigenvalue weighted by atomic mass is 32.2. The molecular formula is C12H19N3OS2. The zero-order valence-electron chi connectivity index (χ0n) is 10.8. The fraction of sp³-hybridized carbons (Fsp3) is 0.583. The van der Waals surface area contributed by atoms with Gasteiger partial charge in [0.05, 0.1) is 15.5 Å². The molecule has 2 heterocycles. The van der Waals surface area contributed by atoms with Gasteiger partial charge >= 0.3 is 0 Å². The Balaban J connectivity index is 2.36. The van der Waals surface area contributed by atoms with Crippen LogP contribution in [0.5, 0.6) is 0 Å². The lowest BCUT2D eigenvalue weighted by Crippen LogP contribution is -2.43. The van der Waals surface area contributed by atoms with Crippen LogP contribution in [0, 0.1) is 0 Å². The highest BCUT2D eigenvalue weighted by Crippen LogP contribution is 2.44. The van der Waals surface area contributed by atoms with E-state index in [0.29, 0.717) is 12.1 Å². The van der Waals surface area contributed by atoms with E-state index in [1.54, 1.807) is 23.1 Å². The van der Waals surface area contributed by atoms with Gasteiger partial charge in [-0.25, -0.2) is 0 Å². The maximum absolute atomic E-state index is 11.9. The average Bonchev–Trinajstić information content (AvgIpc) is 2.76. The summed E-state index contributed by atoms with van der Waals surface area (Å²) in [4.78, 5) is 16.0. The van der Waals surface area contributed by atoms with Crippen molar-refractivity contribution in [3.05, 3.63) is 4.88 Å². The summed E-state index contributed by atoms with van der Waals surface area (Å²) in [5.41, 5.74) is 6.80. The fourth-order valence-corrected chi connectivity index (χ4v) is 4.30. The number of piperazine rings is 1. The zero-order chi connectivity index (χ0) is 13.1. The molecule has 0 amide bonds. The first-order valence-electron chi connectivity index (χ1n) is 6.14. The number of rotatable bonds is 4. The molecule has 1 aromatic heterocycles. The van der Waals surface area contributed by atoms with Crippen molar-refractivity contribution in [1.29, 1.82) is 0 Å². The summed E-state index contributed by atoms with van der Waals surface area (Å²) in [6, 6.07) is 0. The second-order valence-corrected chi connectivity index (χ2v) is 6.01. The summed E-state index contributed by atoms with van der Waals surface area (Å²) in [6.07, 6.45) is 2.53. The Hall–Kier alpha value is -0.720. The molecule has 0 aliphatic carbocycles. The molecule has 0 unspecified atom stereocenters. The molecule has 0 saturated carbocycles. The van der Waals surface area contributed by atoms with Crippen LogP contribution in [0.15, 0.2) is 4.90 Å². The van der Waals surface area contributed by atoms with E-state index in [9.17, 15) is 4.79 Å². The summed E-state index contributed by atoms with van der Waals surface area (Å²) in [5, 5.41) is 4.50. The minimum atomic E-state index is 0.147. The maximum atomic E-state index is 11.9. The third kappa shape index (κ3) is 2.50. The first-order chi connectivity index (χ1) is 8.69. The highest BCUT2D eigenvalue weighted by molar-refractivity contribution is 7.99. The SMILES string of the molecule is CCC(=O)c1sc(N2CCNCC2)c(SC)c1N. The van der Waals surface area contributed by atoms with Gasteiger partial charge in [-0.2, -0.15) is 0 Å². The lowest BCUT2D eigenvalue weighted by Gasteiger charge is -2.28. The highest BCUT2D eigenvalue weighted by Gasteiger charge is 2.23. The van der Waals surface area contributed by atoms with Gasteiger partial charge in [0, 0.05) is 32.6 Å². The minimum absolute atomic E-state index is 0.147. The number of Topliss-reactive ketones (excluding diaryl/α,β-unsaturated/α-hetero) is 1. The number of hydrogen-bond donors (Lipinski definition) is 2. The number of nitrogens with two attached hydrogens (primary N) is 1. The number of anilines is 2. The van der Waals surface area contributed by atoms with Crippen LogP contribution in [-0.2, 0) is 0 Å². The Morgan fingerprint density at radius 1 is 1.50 bits per heavy atom. The molecule has 1 aromatic rings. The molecule has 0 radical (unpaired) electrons. The summed E-state index contributed by atoms with van der Waals surface area (Å²) < 4.78 is 0. The number of nitrogens with zero attached hydrogens (tertiary/aromatic N) is 1. The van der Waals surface area contributed by atoms with Crippen LogP contribution in [0.3, 0.4) is 0 Å². The standard InChI is InChI=1S/C12H19N3OS2/c1-3-8(16)10-9(13)11(17-2)12(18-10)15-6-4-14-5-7-15/h14H,3-7,13H2,1-2H3. The number of nitrogens with one attached hydrogen (secondary N) is 1. The molecule has 6 heteroatoms. The Kier molecular flexibility index (Phi) is 4.53. The van der Waals surface area contributed by atoms with E-state index in [0.717, 1.165) is 36.0 Å². The quantitative estimate of drug-likeness (QED) is 0.655. The molecule has 1 aliphatic rings. The molecule has 0 bridgehead atoms. The lowest BCUT2D eigenvalue weighted by atomic mass is 10.2. The minimum Gasteiger partial charge on any atom is -0.396 e. The van der Waals surface area contributed by atoms with Gasteiger partial charge in [-0.3, -0.25) is 4.79 Å². The summed E-state index contributed by atoms with van der Waals surface area (Å²) in [7, 11) is 0. The predicted molar refractivity (Wildman–Crippen MR) is 80.2 cm³/mol. The predicted octanol–water partition coefficient (Wildman–Crippen LogP) is 2.05. The first kappa shape index (κ1) is 13.7. The number of ketones is 1. The second-order valence-electron chi connectivity index (χ2n) is 4.20. The third-order valence-corrected chi connectivity index (χ3v) is 5.32. The normalized spacial score (nSPS) is 16.0. The molecule has 3 N–H and O–H groups in total. The second kappa shape index (κ2) is 5.95. The van der Waals surface area contributed by atoms with E-state index in [-0.39, 0.29) is 5.78 Å². The number of carbonyl (C=O) groups excluding carboxylic acids is 1. The Morgan fingerprint density at radius 2 is 2.17 bits per heavy atom. The monoisotopic (exact) mass is 285 g/mol. The van der Waals surface area contributed by atoms with Crippen molar-refractivity contribution < 1.29 is 4.79 Å². The molecule has 1 aliphatic heterocycles. The van der Waals surface area contributed by atoms with Gasteiger partial charge in [-0.05, 0) is 6.26 Å². The molecule has 100 valence electrons.